The number of rotatable bonds is 2. The van der Waals surface area contributed by atoms with Gasteiger partial charge in [0.05, 0.1) is 10.6 Å². The quantitative estimate of drug-likeness (QED) is 0.541. The summed E-state index contributed by atoms with van der Waals surface area (Å²) in [6, 6.07) is 3.48. The van der Waals surface area contributed by atoms with Gasteiger partial charge in [0.25, 0.3) is 0 Å². The van der Waals surface area contributed by atoms with Gasteiger partial charge in [0, 0.05) is 11.9 Å². The second kappa shape index (κ2) is 7.31. The topological polar surface area (TPSA) is 110 Å². The molecule has 0 saturated heterocycles. The van der Waals surface area contributed by atoms with Crippen molar-refractivity contribution in [1.82, 2.24) is 5.48 Å². The number of hydroxylamine groups is 1. The minimum absolute atomic E-state index is 0.0123. The molecule has 0 heterocycles. The van der Waals surface area contributed by atoms with Crippen LogP contribution < -0.4 is 5.48 Å². The number of carboxylic acid groups (broad SMARTS) is 1. The van der Waals surface area contributed by atoms with Crippen LogP contribution in [0.15, 0.2) is 23.1 Å². The second-order valence-electron chi connectivity index (χ2n) is 2.41. The van der Waals surface area contributed by atoms with Crippen LogP contribution in [0, 0.1) is 0 Å². The molecule has 0 aliphatic heterocycles. The summed E-state index contributed by atoms with van der Waals surface area (Å²) < 4.78 is 21.0. The number of benzene rings is 1. The van der Waals surface area contributed by atoms with Crippen molar-refractivity contribution in [1.29, 1.82) is 0 Å². The highest BCUT2D eigenvalue weighted by Crippen LogP contribution is 2.20. The van der Waals surface area contributed by atoms with Gasteiger partial charge in [-0.15, -0.1) is 0 Å². The zero-order chi connectivity index (χ0) is 12.7. The first kappa shape index (κ1) is 15.0. The fourth-order valence-electron chi connectivity index (χ4n) is 0.764. The number of halogens is 1. The highest BCUT2D eigenvalue weighted by atomic mass is 35.5. The van der Waals surface area contributed by atoms with Crippen molar-refractivity contribution in [3.63, 3.8) is 0 Å². The summed E-state index contributed by atoms with van der Waals surface area (Å²) in [6.07, 6.45) is 0. The number of nitrogens with one attached hydrogen (secondary N) is 1. The van der Waals surface area contributed by atoms with Gasteiger partial charge in [-0.2, -0.15) is 0 Å². The van der Waals surface area contributed by atoms with Crippen molar-refractivity contribution < 1.29 is 23.9 Å². The zero-order valence-corrected chi connectivity index (χ0v) is 9.71. The third-order valence-corrected chi connectivity index (χ3v) is 2.50. The maximum Gasteiger partial charge on any atom is 0.335 e. The first-order valence-corrected chi connectivity index (χ1v) is 5.32. The van der Waals surface area contributed by atoms with E-state index in [1.165, 1.54) is 19.2 Å². The van der Waals surface area contributed by atoms with E-state index in [1.807, 2.05) is 0 Å². The molecule has 90 valence electrons. The molecule has 1 atom stereocenters. The summed E-state index contributed by atoms with van der Waals surface area (Å²) in [5, 5.41) is 15.9. The Balaban J connectivity index is 0.000000673. The molecule has 0 amide bonds. The summed E-state index contributed by atoms with van der Waals surface area (Å²) >= 11 is 3.00. The van der Waals surface area contributed by atoms with Crippen LogP contribution in [0.25, 0.3) is 0 Å². The van der Waals surface area contributed by atoms with Gasteiger partial charge in [-0.05, 0) is 29.3 Å². The fraction of sp³-hybridized carbons (Fsp3) is 0.125. The standard InChI is InChI=1S/C7H5ClO4S.CH5NO/c8-5-2-1-4(7(9)10)3-6(5)13(11)12;1-2-3/h1-3H,(H,9,10)(H,11,12);2-3H,1H3/p-1. The van der Waals surface area contributed by atoms with Crippen LogP contribution in [-0.2, 0) is 11.1 Å². The Morgan fingerprint density at radius 1 is 1.56 bits per heavy atom. The van der Waals surface area contributed by atoms with Gasteiger partial charge < -0.3 is 14.9 Å². The third-order valence-electron chi connectivity index (χ3n) is 1.36. The average Bonchev–Trinajstić information content (AvgIpc) is 2.18. The molecule has 0 bridgehead atoms. The zero-order valence-electron chi connectivity index (χ0n) is 8.14. The summed E-state index contributed by atoms with van der Waals surface area (Å²) in [7, 11) is 1.43. The van der Waals surface area contributed by atoms with E-state index in [-0.39, 0.29) is 15.5 Å². The first-order chi connectivity index (χ1) is 7.43. The molecule has 0 radical (unpaired) electrons. The van der Waals surface area contributed by atoms with Crippen molar-refractivity contribution in [2.24, 2.45) is 0 Å². The van der Waals surface area contributed by atoms with Crippen LogP contribution in [0.4, 0.5) is 0 Å². The van der Waals surface area contributed by atoms with Crippen molar-refractivity contribution in [3.8, 4) is 0 Å². The molecule has 0 aliphatic carbocycles. The van der Waals surface area contributed by atoms with Gasteiger partial charge in [-0.1, -0.05) is 11.6 Å². The number of hydrogen-bond donors (Lipinski definition) is 3. The highest BCUT2D eigenvalue weighted by Gasteiger charge is 2.07. The lowest BCUT2D eigenvalue weighted by molar-refractivity contribution is 0.0696. The van der Waals surface area contributed by atoms with Gasteiger partial charge >= 0.3 is 5.97 Å². The molecule has 16 heavy (non-hydrogen) atoms. The predicted molar refractivity (Wildman–Crippen MR) is 56.4 cm³/mol. The summed E-state index contributed by atoms with van der Waals surface area (Å²) in [4.78, 5) is 10.2. The Morgan fingerprint density at radius 2 is 2.06 bits per heavy atom. The van der Waals surface area contributed by atoms with E-state index in [0.717, 1.165) is 6.07 Å². The average molecular weight is 267 g/mol. The van der Waals surface area contributed by atoms with E-state index in [1.54, 1.807) is 5.48 Å². The van der Waals surface area contributed by atoms with Crippen molar-refractivity contribution >= 4 is 28.7 Å². The Kier molecular flexibility index (Phi) is 6.86. The molecular formula is C8H9ClNO5S-. The molecule has 1 aromatic rings. The van der Waals surface area contributed by atoms with E-state index >= 15 is 0 Å². The van der Waals surface area contributed by atoms with Crippen molar-refractivity contribution in [2.75, 3.05) is 7.05 Å². The molecule has 0 saturated carbocycles. The smallest absolute Gasteiger partial charge is 0.335 e. The third kappa shape index (κ3) is 4.69. The Morgan fingerprint density at radius 3 is 2.44 bits per heavy atom. The summed E-state index contributed by atoms with van der Waals surface area (Å²) in [5.74, 6) is -1.19. The van der Waals surface area contributed by atoms with E-state index < -0.39 is 17.0 Å². The van der Waals surface area contributed by atoms with Crippen LogP contribution in [0.2, 0.25) is 5.02 Å². The Hall–Kier alpha value is -0.990. The molecular weight excluding hydrogens is 258 g/mol. The van der Waals surface area contributed by atoms with Gasteiger partial charge in [0.1, 0.15) is 0 Å². The summed E-state index contributed by atoms with van der Waals surface area (Å²) in [6.45, 7) is 0. The molecule has 0 spiro atoms. The lowest BCUT2D eigenvalue weighted by Gasteiger charge is -2.07. The van der Waals surface area contributed by atoms with Crippen LogP contribution in [0.5, 0.6) is 0 Å². The normalized spacial score (nSPS) is 11.2. The molecule has 1 rings (SSSR count). The SMILES string of the molecule is CNO.O=C(O)c1ccc(Cl)c(S(=O)[O-])c1. The molecule has 6 nitrogen and oxygen atoms in total. The van der Waals surface area contributed by atoms with Crippen LogP contribution in [-0.4, -0.2) is 32.1 Å². The number of aromatic carboxylic acids is 1. The Bertz CT molecular complexity index is 398. The lowest BCUT2D eigenvalue weighted by atomic mass is 10.2. The lowest BCUT2D eigenvalue weighted by Crippen LogP contribution is -1.99. The van der Waals surface area contributed by atoms with Crippen LogP contribution in [0.3, 0.4) is 0 Å². The molecule has 0 aliphatic rings. The minimum Gasteiger partial charge on any atom is -0.768 e. The minimum atomic E-state index is -2.51. The maximum atomic E-state index is 10.5. The number of hydrogen-bond acceptors (Lipinski definition) is 5. The van der Waals surface area contributed by atoms with E-state index in [9.17, 15) is 13.6 Å². The molecule has 1 aromatic carbocycles. The van der Waals surface area contributed by atoms with E-state index in [2.05, 4.69) is 0 Å². The maximum absolute atomic E-state index is 10.5. The van der Waals surface area contributed by atoms with Crippen LogP contribution in [0.1, 0.15) is 10.4 Å². The summed E-state index contributed by atoms with van der Waals surface area (Å²) in [5.41, 5.74) is 1.64. The largest absolute Gasteiger partial charge is 0.768 e. The van der Waals surface area contributed by atoms with Crippen LogP contribution >= 0.6 is 11.6 Å². The molecule has 3 N–H and O–H groups in total. The molecule has 0 fully saturated rings. The monoisotopic (exact) mass is 266 g/mol. The van der Waals surface area contributed by atoms with Gasteiger partial charge in [-0.3, -0.25) is 4.21 Å². The Labute approximate surface area is 99.1 Å². The predicted octanol–water partition coefficient (Wildman–Crippen LogP) is 0.871. The van der Waals surface area contributed by atoms with Crippen molar-refractivity contribution in [3.05, 3.63) is 28.8 Å². The van der Waals surface area contributed by atoms with Gasteiger partial charge in [-0.25, -0.2) is 10.3 Å². The molecule has 1 unspecified atom stereocenters. The highest BCUT2D eigenvalue weighted by molar-refractivity contribution is 7.79. The number of carboxylic acids is 1. The fourth-order valence-corrected chi connectivity index (χ4v) is 1.52. The van der Waals surface area contributed by atoms with E-state index in [4.69, 9.17) is 21.9 Å². The van der Waals surface area contributed by atoms with Crippen molar-refractivity contribution in [2.45, 2.75) is 4.90 Å². The van der Waals surface area contributed by atoms with Gasteiger partial charge in [0.2, 0.25) is 0 Å². The van der Waals surface area contributed by atoms with Gasteiger partial charge in [0.15, 0.2) is 0 Å². The van der Waals surface area contributed by atoms with E-state index in [0.29, 0.717) is 0 Å². The molecule has 0 aromatic heterocycles. The number of carbonyl (C=O) groups is 1. The second-order valence-corrected chi connectivity index (χ2v) is 3.73. The first-order valence-electron chi connectivity index (χ1n) is 3.87. The molecule has 8 heteroatoms.